The highest BCUT2D eigenvalue weighted by Gasteiger charge is 2.11. The van der Waals surface area contributed by atoms with Crippen molar-refractivity contribution in [2.24, 2.45) is 0 Å². The Hall–Kier alpha value is -1.59. The van der Waals surface area contributed by atoms with Crippen LogP contribution in [-0.2, 0) is 17.8 Å². The average molecular weight is 364 g/mol. The molecule has 0 aliphatic carbocycles. The van der Waals surface area contributed by atoms with E-state index in [9.17, 15) is 4.79 Å². The van der Waals surface area contributed by atoms with Crippen LogP contribution in [0, 0.1) is 0 Å². The fourth-order valence-corrected chi connectivity index (χ4v) is 3.55. The zero-order chi connectivity index (χ0) is 14.7. The van der Waals surface area contributed by atoms with Gasteiger partial charge in [-0.3, -0.25) is 4.79 Å². The molecule has 3 nitrogen and oxygen atoms in total. The van der Waals surface area contributed by atoms with Crippen molar-refractivity contribution in [3.8, 4) is 5.75 Å². The molecule has 0 saturated carbocycles. The fourth-order valence-electron chi connectivity index (χ4n) is 2.16. The number of rotatable bonds is 4. The minimum Gasteiger partial charge on any atom is -0.493 e. The maximum atomic E-state index is 11.8. The van der Waals surface area contributed by atoms with Crippen molar-refractivity contribution in [1.29, 1.82) is 0 Å². The van der Waals surface area contributed by atoms with Crippen LogP contribution in [-0.4, -0.2) is 12.5 Å². The summed E-state index contributed by atoms with van der Waals surface area (Å²) in [5.41, 5.74) is 2.23. The molecule has 0 unspecified atom stereocenters. The summed E-state index contributed by atoms with van der Waals surface area (Å²) in [6.45, 7) is 1.30. The van der Waals surface area contributed by atoms with E-state index >= 15 is 0 Å². The molecule has 0 radical (unpaired) electrons. The molecule has 3 rings (SSSR count). The largest absolute Gasteiger partial charge is 0.493 e. The lowest BCUT2D eigenvalue weighted by Gasteiger charge is -2.01. The summed E-state index contributed by atoms with van der Waals surface area (Å²) in [7, 11) is 0. The van der Waals surface area contributed by atoms with Crippen molar-refractivity contribution >= 4 is 39.2 Å². The molecule has 1 aliphatic rings. The number of hydrogen-bond donors (Lipinski definition) is 1. The Labute approximate surface area is 135 Å². The van der Waals surface area contributed by atoms with Crippen LogP contribution in [0.15, 0.2) is 40.2 Å². The third-order valence-corrected chi connectivity index (χ3v) is 4.90. The molecule has 1 aromatic heterocycles. The first-order valence-electron chi connectivity index (χ1n) is 6.65. The van der Waals surface area contributed by atoms with Gasteiger partial charge in [0, 0.05) is 27.2 Å². The highest BCUT2D eigenvalue weighted by Crippen LogP contribution is 2.26. The van der Waals surface area contributed by atoms with E-state index in [1.807, 2.05) is 29.7 Å². The van der Waals surface area contributed by atoms with Gasteiger partial charge in [0.2, 0.25) is 5.91 Å². The summed E-state index contributed by atoms with van der Waals surface area (Å²) >= 11 is 5.02. The normalized spacial score (nSPS) is 13.2. The van der Waals surface area contributed by atoms with Gasteiger partial charge in [0.1, 0.15) is 5.75 Å². The van der Waals surface area contributed by atoms with Gasteiger partial charge in [0.25, 0.3) is 0 Å². The lowest BCUT2D eigenvalue weighted by Crippen LogP contribution is -2.19. The number of nitrogens with one attached hydrogen (secondary N) is 1. The molecule has 0 atom stereocenters. The lowest BCUT2D eigenvalue weighted by molar-refractivity contribution is -0.116. The number of hydrogen-bond acceptors (Lipinski definition) is 3. The number of carbonyl (C=O) groups excluding carboxylic acids is 1. The highest BCUT2D eigenvalue weighted by molar-refractivity contribution is 9.10. The second kappa shape index (κ2) is 6.45. The molecule has 1 aliphatic heterocycles. The Kier molecular flexibility index (Phi) is 4.41. The second-order valence-corrected chi connectivity index (χ2v) is 6.66. The molecule has 1 aromatic carbocycles. The molecule has 0 bridgehead atoms. The van der Waals surface area contributed by atoms with Gasteiger partial charge in [-0.1, -0.05) is 6.07 Å². The van der Waals surface area contributed by atoms with Crippen molar-refractivity contribution in [1.82, 2.24) is 5.32 Å². The van der Waals surface area contributed by atoms with Crippen molar-refractivity contribution in [2.75, 3.05) is 6.61 Å². The van der Waals surface area contributed by atoms with Crippen LogP contribution in [0.25, 0.3) is 6.08 Å². The topological polar surface area (TPSA) is 38.3 Å². The molecule has 2 aromatic rings. The van der Waals surface area contributed by atoms with Crippen LogP contribution in [0.2, 0.25) is 0 Å². The van der Waals surface area contributed by atoms with Gasteiger partial charge in [0.15, 0.2) is 0 Å². The van der Waals surface area contributed by atoms with Crippen molar-refractivity contribution < 1.29 is 9.53 Å². The lowest BCUT2D eigenvalue weighted by atomic mass is 10.1. The van der Waals surface area contributed by atoms with Crippen LogP contribution in [0.1, 0.15) is 16.0 Å². The summed E-state index contributed by atoms with van der Waals surface area (Å²) < 4.78 is 6.51. The second-order valence-electron chi connectivity index (χ2n) is 4.75. The van der Waals surface area contributed by atoms with Crippen molar-refractivity contribution in [3.05, 3.63) is 56.2 Å². The van der Waals surface area contributed by atoms with Crippen LogP contribution >= 0.6 is 27.3 Å². The zero-order valence-electron chi connectivity index (χ0n) is 11.3. The SMILES string of the molecule is O=C(/C=C/c1ccc2c(c1)CCO2)NCc1cc(Br)cs1. The van der Waals surface area contributed by atoms with Crippen molar-refractivity contribution in [3.63, 3.8) is 0 Å². The Morgan fingerprint density at radius 2 is 2.33 bits per heavy atom. The van der Waals surface area contributed by atoms with Gasteiger partial charge in [-0.25, -0.2) is 0 Å². The smallest absolute Gasteiger partial charge is 0.244 e. The van der Waals surface area contributed by atoms with E-state index in [1.54, 1.807) is 17.4 Å². The summed E-state index contributed by atoms with van der Waals surface area (Å²) in [5.74, 6) is 0.871. The number of fused-ring (bicyclic) bond motifs is 1. The summed E-state index contributed by atoms with van der Waals surface area (Å²) in [4.78, 5) is 12.9. The van der Waals surface area contributed by atoms with Gasteiger partial charge in [-0.2, -0.15) is 0 Å². The molecular weight excluding hydrogens is 350 g/mol. The van der Waals surface area contributed by atoms with Gasteiger partial charge in [-0.05, 0) is 51.3 Å². The minimum atomic E-state index is -0.0868. The Morgan fingerprint density at radius 3 is 3.14 bits per heavy atom. The molecule has 0 fully saturated rings. The molecule has 0 saturated heterocycles. The molecular formula is C16H14BrNO2S. The first-order valence-corrected chi connectivity index (χ1v) is 8.32. The predicted molar refractivity (Wildman–Crippen MR) is 88.5 cm³/mol. The van der Waals surface area contributed by atoms with E-state index in [0.29, 0.717) is 6.54 Å². The van der Waals surface area contributed by atoms with Gasteiger partial charge < -0.3 is 10.1 Å². The molecule has 21 heavy (non-hydrogen) atoms. The molecule has 1 N–H and O–H groups in total. The number of thiophene rings is 1. The predicted octanol–water partition coefficient (Wildman–Crippen LogP) is 3.78. The Morgan fingerprint density at radius 1 is 1.43 bits per heavy atom. The quantitative estimate of drug-likeness (QED) is 0.839. The van der Waals surface area contributed by atoms with E-state index in [-0.39, 0.29) is 5.91 Å². The fraction of sp³-hybridized carbons (Fsp3) is 0.188. The van der Waals surface area contributed by atoms with Gasteiger partial charge >= 0.3 is 0 Å². The highest BCUT2D eigenvalue weighted by atomic mass is 79.9. The van der Waals surface area contributed by atoms with Crippen LogP contribution in [0.4, 0.5) is 0 Å². The summed E-state index contributed by atoms with van der Waals surface area (Å²) in [6.07, 6.45) is 4.34. The first kappa shape index (κ1) is 14.4. The number of carbonyl (C=O) groups is 1. The molecule has 108 valence electrons. The zero-order valence-corrected chi connectivity index (χ0v) is 13.7. The van der Waals surface area contributed by atoms with Crippen molar-refractivity contribution in [2.45, 2.75) is 13.0 Å². The number of ether oxygens (including phenoxy) is 1. The van der Waals surface area contributed by atoms with Crippen LogP contribution < -0.4 is 10.1 Å². The number of benzene rings is 1. The maximum Gasteiger partial charge on any atom is 0.244 e. The monoisotopic (exact) mass is 363 g/mol. The first-order chi connectivity index (χ1) is 10.2. The minimum absolute atomic E-state index is 0.0868. The van der Waals surface area contributed by atoms with Crippen LogP contribution in [0.3, 0.4) is 0 Å². The average Bonchev–Trinajstić information content (AvgIpc) is 3.10. The van der Waals surface area contributed by atoms with E-state index in [1.165, 1.54) is 5.56 Å². The van der Waals surface area contributed by atoms with E-state index in [0.717, 1.165) is 33.7 Å². The maximum absolute atomic E-state index is 11.8. The number of amides is 1. The van der Waals surface area contributed by atoms with Gasteiger partial charge in [0.05, 0.1) is 13.2 Å². The molecule has 1 amide bonds. The molecule has 2 heterocycles. The van der Waals surface area contributed by atoms with Gasteiger partial charge in [-0.15, -0.1) is 11.3 Å². The molecule has 0 spiro atoms. The third kappa shape index (κ3) is 3.74. The Balaban J connectivity index is 1.56. The molecule has 5 heteroatoms. The Bertz CT molecular complexity index is 693. The van der Waals surface area contributed by atoms with E-state index in [4.69, 9.17) is 4.74 Å². The summed E-state index contributed by atoms with van der Waals surface area (Å²) in [6, 6.07) is 8.01. The summed E-state index contributed by atoms with van der Waals surface area (Å²) in [5, 5.41) is 4.88. The number of halogens is 1. The van der Waals surface area contributed by atoms with E-state index in [2.05, 4.69) is 27.3 Å². The standard InChI is InChI=1S/C16H14BrNO2S/c17-13-8-14(21-10-13)9-18-16(19)4-2-11-1-3-15-12(7-11)5-6-20-15/h1-4,7-8,10H,5-6,9H2,(H,18,19)/b4-2+. The van der Waals surface area contributed by atoms with E-state index < -0.39 is 0 Å². The van der Waals surface area contributed by atoms with Crippen LogP contribution in [0.5, 0.6) is 5.75 Å². The third-order valence-electron chi connectivity index (χ3n) is 3.20.